The van der Waals surface area contributed by atoms with Crippen molar-refractivity contribution in [3.8, 4) is 11.1 Å². The molecule has 2 aromatic carbocycles. The first-order valence-electron chi connectivity index (χ1n) is 11.8. The van der Waals surface area contributed by atoms with Gasteiger partial charge in [-0.3, -0.25) is 14.4 Å². The van der Waals surface area contributed by atoms with Gasteiger partial charge < -0.3 is 20.8 Å². The highest BCUT2D eigenvalue weighted by molar-refractivity contribution is 6.05. The van der Waals surface area contributed by atoms with Gasteiger partial charge in [0.15, 0.2) is 0 Å². The molecule has 8 heteroatoms. The van der Waals surface area contributed by atoms with E-state index < -0.39 is 17.9 Å². The average Bonchev–Trinajstić information content (AvgIpc) is 3.59. The van der Waals surface area contributed by atoms with Crippen LogP contribution in [0.4, 0.5) is 0 Å². The second kappa shape index (κ2) is 9.37. The lowest BCUT2D eigenvalue weighted by molar-refractivity contribution is -0.127. The summed E-state index contributed by atoms with van der Waals surface area (Å²) >= 11 is 0. The van der Waals surface area contributed by atoms with Crippen LogP contribution in [0.1, 0.15) is 23.2 Å². The van der Waals surface area contributed by atoms with Crippen LogP contribution in [0.25, 0.3) is 11.1 Å². The standard InChI is InChI=1S/C27H28N4O4/c1-35-30-21-14-22(26(33)29-24-20-12-11-19(13-20)23(24)25(28)32)31(15-21)27(34)18-9-7-17(8-10-18)16-5-3-2-4-6-16/h2-12,19-20,22-24H,13-15H2,1H3,(H2,28,32)(H,29,33)/t19-,20+,22-,23-,24+/m0/s1. The molecule has 180 valence electrons. The van der Waals surface area contributed by atoms with Gasteiger partial charge in [0.25, 0.3) is 5.91 Å². The largest absolute Gasteiger partial charge is 0.399 e. The Morgan fingerprint density at radius 3 is 2.37 bits per heavy atom. The third-order valence-electron chi connectivity index (χ3n) is 7.28. The molecule has 0 aromatic heterocycles. The Labute approximate surface area is 203 Å². The van der Waals surface area contributed by atoms with E-state index in [-0.39, 0.29) is 42.7 Å². The van der Waals surface area contributed by atoms with Crippen molar-refractivity contribution in [3.05, 3.63) is 72.3 Å². The van der Waals surface area contributed by atoms with E-state index in [2.05, 4.69) is 10.5 Å². The minimum absolute atomic E-state index is 0.0536. The lowest BCUT2D eigenvalue weighted by atomic mass is 9.88. The molecular weight excluding hydrogens is 444 g/mol. The van der Waals surface area contributed by atoms with Crippen LogP contribution in [0.15, 0.2) is 71.9 Å². The van der Waals surface area contributed by atoms with E-state index in [1.807, 2.05) is 54.6 Å². The molecule has 3 N–H and O–H groups in total. The predicted octanol–water partition coefficient (Wildman–Crippen LogP) is 2.36. The number of benzene rings is 2. The summed E-state index contributed by atoms with van der Waals surface area (Å²) in [6.45, 7) is 0.196. The van der Waals surface area contributed by atoms with Crippen molar-refractivity contribution in [1.29, 1.82) is 0 Å². The summed E-state index contributed by atoms with van der Waals surface area (Å²) in [6, 6.07) is 16.1. The number of amides is 3. The van der Waals surface area contributed by atoms with Gasteiger partial charge in [-0.15, -0.1) is 0 Å². The van der Waals surface area contributed by atoms with Crippen molar-refractivity contribution in [1.82, 2.24) is 10.2 Å². The zero-order valence-corrected chi connectivity index (χ0v) is 19.5. The fourth-order valence-corrected chi connectivity index (χ4v) is 5.62. The van der Waals surface area contributed by atoms with Crippen LogP contribution in [0.3, 0.4) is 0 Å². The van der Waals surface area contributed by atoms with Crippen LogP contribution in [-0.4, -0.2) is 54.1 Å². The molecule has 0 unspecified atom stereocenters. The molecule has 5 rings (SSSR count). The number of nitrogens with two attached hydrogens (primary N) is 1. The summed E-state index contributed by atoms with van der Waals surface area (Å²) in [5, 5.41) is 7.04. The van der Waals surface area contributed by atoms with Gasteiger partial charge in [-0.25, -0.2) is 0 Å². The first-order chi connectivity index (χ1) is 17.0. The molecule has 1 saturated heterocycles. The predicted molar refractivity (Wildman–Crippen MR) is 131 cm³/mol. The van der Waals surface area contributed by atoms with Crippen molar-refractivity contribution in [3.63, 3.8) is 0 Å². The number of hydrogen-bond acceptors (Lipinski definition) is 5. The fourth-order valence-electron chi connectivity index (χ4n) is 5.62. The lowest BCUT2D eigenvalue weighted by Crippen LogP contribution is -2.53. The molecule has 5 atom stereocenters. The molecule has 2 bridgehead atoms. The van der Waals surface area contributed by atoms with Gasteiger partial charge in [0.1, 0.15) is 13.2 Å². The smallest absolute Gasteiger partial charge is 0.254 e. The Hall–Kier alpha value is -3.94. The molecule has 1 aliphatic heterocycles. The SMILES string of the molecule is CON=C1C[C@@H](C(=O)N[C@H]2[C@@H](C(N)=O)[C@H]3C=C[C@@H]2C3)N(C(=O)c2ccc(-c3ccccc3)cc2)C1. The van der Waals surface area contributed by atoms with Gasteiger partial charge in [0, 0.05) is 18.0 Å². The summed E-state index contributed by atoms with van der Waals surface area (Å²) in [5.41, 5.74) is 8.80. The second-order valence-corrected chi connectivity index (χ2v) is 9.35. The molecule has 2 fully saturated rings. The molecule has 3 aliphatic rings. The van der Waals surface area contributed by atoms with Gasteiger partial charge in [0.05, 0.1) is 18.2 Å². The molecule has 0 radical (unpaired) electrons. The first kappa shape index (κ1) is 22.8. The Balaban J connectivity index is 1.35. The maximum absolute atomic E-state index is 13.5. The maximum atomic E-state index is 13.5. The number of allylic oxidation sites excluding steroid dienone is 1. The van der Waals surface area contributed by atoms with E-state index in [0.717, 1.165) is 17.5 Å². The van der Waals surface area contributed by atoms with Crippen LogP contribution in [0.2, 0.25) is 0 Å². The lowest BCUT2D eigenvalue weighted by Gasteiger charge is -2.30. The zero-order chi connectivity index (χ0) is 24.5. The molecule has 35 heavy (non-hydrogen) atoms. The van der Waals surface area contributed by atoms with E-state index >= 15 is 0 Å². The third kappa shape index (κ3) is 4.32. The highest BCUT2D eigenvalue weighted by Crippen LogP contribution is 2.43. The number of rotatable bonds is 6. The van der Waals surface area contributed by atoms with Crippen LogP contribution in [-0.2, 0) is 14.4 Å². The van der Waals surface area contributed by atoms with Gasteiger partial charge in [0.2, 0.25) is 11.8 Å². The Kier molecular flexibility index (Phi) is 6.11. The number of likely N-dealkylation sites (tertiary alicyclic amines) is 1. The third-order valence-corrected chi connectivity index (χ3v) is 7.28. The molecule has 3 amide bonds. The number of fused-ring (bicyclic) bond motifs is 2. The molecule has 2 aliphatic carbocycles. The monoisotopic (exact) mass is 472 g/mol. The molecule has 0 spiro atoms. The van der Waals surface area contributed by atoms with E-state index in [9.17, 15) is 14.4 Å². The van der Waals surface area contributed by atoms with E-state index in [1.165, 1.54) is 12.0 Å². The number of nitrogens with one attached hydrogen (secondary N) is 1. The topological polar surface area (TPSA) is 114 Å². The summed E-state index contributed by atoms with van der Waals surface area (Å²) < 4.78 is 0. The van der Waals surface area contributed by atoms with Crippen LogP contribution < -0.4 is 11.1 Å². The highest BCUT2D eigenvalue weighted by atomic mass is 16.6. The minimum Gasteiger partial charge on any atom is -0.399 e. The molecule has 8 nitrogen and oxygen atoms in total. The molecular formula is C27H28N4O4. The van der Waals surface area contributed by atoms with Crippen LogP contribution >= 0.6 is 0 Å². The van der Waals surface area contributed by atoms with Crippen molar-refractivity contribution < 1.29 is 19.2 Å². The number of primary amides is 1. The number of hydrogen-bond donors (Lipinski definition) is 2. The van der Waals surface area contributed by atoms with E-state index in [4.69, 9.17) is 10.6 Å². The summed E-state index contributed by atoms with van der Waals surface area (Å²) in [5.74, 6) is -1.28. The first-order valence-corrected chi connectivity index (χ1v) is 11.8. The van der Waals surface area contributed by atoms with E-state index in [1.54, 1.807) is 12.1 Å². The number of nitrogens with zero attached hydrogens (tertiary/aromatic N) is 2. The van der Waals surface area contributed by atoms with Crippen molar-refractivity contribution in [2.75, 3.05) is 13.7 Å². The number of carbonyl (C=O) groups excluding carboxylic acids is 3. The summed E-state index contributed by atoms with van der Waals surface area (Å²) in [7, 11) is 1.44. The molecule has 1 heterocycles. The Morgan fingerprint density at radius 1 is 1.00 bits per heavy atom. The summed E-state index contributed by atoms with van der Waals surface area (Å²) in [4.78, 5) is 45.4. The Morgan fingerprint density at radius 2 is 1.69 bits per heavy atom. The average molecular weight is 473 g/mol. The highest BCUT2D eigenvalue weighted by Gasteiger charge is 2.49. The van der Waals surface area contributed by atoms with Gasteiger partial charge >= 0.3 is 0 Å². The quantitative estimate of drug-likeness (QED) is 0.496. The number of oxime groups is 1. The summed E-state index contributed by atoms with van der Waals surface area (Å²) in [6.07, 6.45) is 5.12. The second-order valence-electron chi connectivity index (χ2n) is 9.35. The maximum Gasteiger partial charge on any atom is 0.254 e. The fraction of sp³-hybridized carbons (Fsp3) is 0.333. The van der Waals surface area contributed by atoms with Crippen molar-refractivity contribution in [2.24, 2.45) is 28.6 Å². The van der Waals surface area contributed by atoms with Crippen LogP contribution in [0, 0.1) is 17.8 Å². The van der Waals surface area contributed by atoms with Gasteiger partial charge in [-0.05, 0) is 41.5 Å². The minimum atomic E-state index is -0.748. The van der Waals surface area contributed by atoms with Crippen molar-refractivity contribution in [2.45, 2.75) is 24.9 Å². The molecule has 2 aromatic rings. The van der Waals surface area contributed by atoms with Gasteiger partial charge in [-0.1, -0.05) is 59.8 Å². The van der Waals surface area contributed by atoms with Crippen LogP contribution in [0.5, 0.6) is 0 Å². The number of carbonyl (C=O) groups is 3. The normalized spacial score (nSPS) is 27.9. The Bertz CT molecular complexity index is 1190. The molecule has 1 saturated carbocycles. The van der Waals surface area contributed by atoms with Crippen molar-refractivity contribution >= 4 is 23.4 Å². The zero-order valence-electron chi connectivity index (χ0n) is 19.5. The van der Waals surface area contributed by atoms with E-state index in [0.29, 0.717) is 11.3 Å². The van der Waals surface area contributed by atoms with Gasteiger partial charge in [-0.2, -0.15) is 0 Å².